The molecule has 2 N–H and O–H groups in total. The maximum Gasteiger partial charge on any atom is 0.0565 e. The Balaban J connectivity index is 2.50. The predicted octanol–water partition coefficient (Wildman–Crippen LogP) is 1.22. The van der Waals surface area contributed by atoms with Crippen LogP contribution in [0.2, 0.25) is 0 Å². The minimum atomic E-state index is 0.385. The summed E-state index contributed by atoms with van der Waals surface area (Å²) in [5.41, 5.74) is 5.68. The van der Waals surface area contributed by atoms with Gasteiger partial charge in [-0.2, -0.15) is 0 Å². The molecule has 3 atom stereocenters. The van der Waals surface area contributed by atoms with Gasteiger partial charge in [0.15, 0.2) is 0 Å². The van der Waals surface area contributed by atoms with Crippen LogP contribution >= 0.6 is 0 Å². The van der Waals surface area contributed by atoms with Crippen molar-refractivity contribution in [2.75, 3.05) is 13.6 Å². The second-order valence-electron chi connectivity index (χ2n) is 4.63. The van der Waals surface area contributed by atoms with Gasteiger partial charge in [0.25, 0.3) is 0 Å². The number of rotatable bonds is 3. The molecule has 0 bridgehead atoms. The average Bonchev–Trinajstić information content (AvgIpc) is 2.14. The van der Waals surface area contributed by atoms with Gasteiger partial charge in [-0.3, -0.25) is 4.90 Å². The van der Waals surface area contributed by atoms with E-state index < -0.39 is 0 Å². The standard InChI is InChI=1S/C11H24N2O/c1-8(7-12)13(4)11-5-9(2)14-10(3)6-11/h8-11H,5-7,12H2,1-4H3. The maximum atomic E-state index is 5.72. The fourth-order valence-electron chi connectivity index (χ4n) is 2.23. The third kappa shape index (κ3) is 2.94. The molecule has 1 rings (SSSR count). The van der Waals surface area contributed by atoms with Gasteiger partial charge in [0.2, 0.25) is 0 Å². The number of nitrogens with two attached hydrogens (primary N) is 1. The molecule has 1 aliphatic rings. The molecule has 1 saturated heterocycles. The fourth-order valence-corrected chi connectivity index (χ4v) is 2.23. The average molecular weight is 200 g/mol. The number of ether oxygens (including phenoxy) is 1. The largest absolute Gasteiger partial charge is 0.375 e. The van der Waals surface area contributed by atoms with E-state index in [9.17, 15) is 0 Å². The zero-order valence-corrected chi connectivity index (χ0v) is 9.86. The molecular weight excluding hydrogens is 176 g/mol. The number of hydrogen-bond acceptors (Lipinski definition) is 3. The first-order valence-electron chi connectivity index (χ1n) is 5.62. The molecule has 0 aromatic heterocycles. The van der Waals surface area contributed by atoms with E-state index in [1.165, 1.54) is 0 Å². The molecule has 0 aliphatic carbocycles. The molecule has 84 valence electrons. The summed E-state index contributed by atoms with van der Waals surface area (Å²) >= 11 is 0. The van der Waals surface area contributed by atoms with E-state index in [2.05, 4.69) is 32.7 Å². The van der Waals surface area contributed by atoms with Crippen LogP contribution in [0.15, 0.2) is 0 Å². The second-order valence-corrected chi connectivity index (χ2v) is 4.63. The molecule has 0 aromatic rings. The third-order valence-electron chi connectivity index (χ3n) is 3.28. The maximum absolute atomic E-state index is 5.72. The summed E-state index contributed by atoms with van der Waals surface area (Å²) < 4.78 is 5.72. The Labute approximate surface area is 87.6 Å². The smallest absolute Gasteiger partial charge is 0.0565 e. The summed E-state index contributed by atoms with van der Waals surface area (Å²) in [5, 5.41) is 0. The lowest BCUT2D eigenvalue weighted by Crippen LogP contribution is -2.48. The molecule has 14 heavy (non-hydrogen) atoms. The quantitative estimate of drug-likeness (QED) is 0.744. The van der Waals surface area contributed by atoms with Gasteiger partial charge in [0.05, 0.1) is 12.2 Å². The highest BCUT2D eigenvalue weighted by atomic mass is 16.5. The molecule has 1 fully saturated rings. The lowest BCUT2D eigenvalue weighted by molar-refractivity contribution is -0.0657. The van der Waals surface area contributed by atoms with Crippen molar-refractivity contribution in [3.8, 4) is 0 Å². The molecular formula is C11H24N2O. The molecule has 0 spiro atoms. The summed E-state index contributed by atoms with van der Waals surface area (Å²) in [7, 11) is 2.17. The van der Waals surface area contributed by atoms with Crippen LogP contribution in [0, 0.1) is 0 Å². The van der Waals surface area contributed by atoms with Crippen molar-refractivity contribution in [3.05, 3.63) is 0 Å². The van der Waals surface area contributed by atoms with E-state index in [1.807, 2.05) is 0 Å². The Morgan fingerprint density at radius 1 is 1.36 bits per heavy atom. The summed E-state index contributed by atoms with van der Waals surface area (Å²) in [4.78, 5) is 2.40. The van der Waals surface area contributed by atoms with Crippen molar-refractivity contribution in [2.45, 2.75) is 57.9 Å². The highest BCUT2D eigenvalue weighted by Gasteiger charge is 2.28. The minimum absolute atomic E-state index is 0.385. The monoisotopic (exact) mass is 200 g/mol. The number of nitrogens with zero attached hydrogens (tertiary/aromatic N) is 1. The molecule has 1 aliphatic heterocycles. The number of hydrogen-bond donors (Lipinski definition) is 1. The third-order valence-corrected chi connectivity index (χ3v) is 3.28. The molecule has 1 heterocycles. The highest BCUT2D eigenvalue weighted by molar-refractivity contribution is 4.82. The SMILES string of the molecule is CC1CC(N(C)C(C)CN)CC(C)O1. The zero-order valence-electron chi connectivity index (χ0n) is 9.86. The van der Waals surface area contributed by atoms with Crippen LogP contribution in [0.4, 0.5) is 0 Å². The van der Waals surface area contributed by atoms with Crippen molar-refractivity contribution in [2.24, 2.45) is 5.73 Å². The highest BCUT2D eigenvalue weighted by Crippen LogP contribution is 2.23. The van der Waals surface area contributed by atoms with Crippen LogP contribution in [0.1, 0.15) is 33.6 Å². The first-order valence-corrected chi connectivity index (χ1v) is 5.62. The van der Waals surface area contributed by atoms with Crippen LogP contribution in [0.3, 0.4) is 0 Å². The van der Waals surface area contributed by atoms with E-state index >= 15 is 0 Å². The molecule has 0 radical (unpaired) electrons. The Hall–Kier alpha value is -0.120. The van der Waals surface area contributed by atoms with Crippen LogP contribution < -0.4 is 5.73 Å². The van der Waals surface area contributed by atoms with E-state index in [4.69, 9.17) is 10.5 Å². The topological polar surface area (TPSA) is 38.5 Å². The Morgan fingerprint density at radius 2 is 1.86 bits per heavy atom. The van der Waals surface area contributed by atoms with Crippen molar-refractivity contribution in [1.29, 1.82) is 0 Å². The zero-order chi connectivity index (χ0) is 10.7. The van der Waals surface area contributed by atoms with Gasteiger partial charge >= 0.3 is 0 Å². The van der Waals surface area contributed by atoms with Crippen molar-refractivity contribution < 1.29 is 4.74 Å². The van der Waals surface area contributed by atoms with Crippen LogP contribution in [0.25, 0.3) is 0 Å². The van der Waals surface area contributed by atoms with Crippen molar-refractivity contribution in [3.63, 3.8) is 0 Å². The van der Waals surface area contributed by atoms with Gasteiger partial charge in [-0.15, -0.1) is 0 Å². The van der Waals surface area contributed by atoms with Gasteiger partial charge in [-0.25, -0.2) is 0 Å². The fraction of sp³-hybridized carbons (Fsp3) is 1.00. The molecule has 3 heteroatoms. The van der Waals surface area contributed by atoms with Gasteiger partial charge in [-0.05, 0) is 40.7 Å². The Bertz CT molecular complexity index is 165. The first kappa shape index (κ1) is 12.0. The molecule has 3 unspecified atom stereocenters. The van der Waals surface area contributed by atoms with E-state index in [0.29, 0.717) is 24.3 Å². The molecule has 0 amide bonds. The van der Waals surface area contributed by atoms with Crippen LogP contribution in [-0.2, 0) is 4.74 Å². The second kappa shape index (κ2) is 5.10. The van der Waals surface area contributed by atoms with Crippen LogP contribution in [-0.4, -0.2) is 42.8 Å². The van der Waals surface area contributed by atoms with Gasteiger partial charge in [-0.1, -0.05) is 0 Å². The molecule has 3 nitrogen and oxygen atoms in total. The lowest BCUT2D eigenvalue weighted by atomic mass is 9.97. The molecule has 0 aromatic carbocycles. The van der Waals surface area contributed by atoms with Crippen molar-refractivity contribution in [1.82, 2.24) is 4.90 Å². The first-order chi connectivity index (χ1) is 6.54. The normalized spacial score (nSPS) is 36.0. The summed E-state index contributed by atoms with van der Waals surface area (Å²) in [6.07, 6.45) is 3.03. The van der Waals surface area contributed by atoms with Gasteiger partial charge < -0.3 is 10.5 Å². The lowest BCUT2D eigenvalue weighted by Gasteiger charge is -2.39. The van der Waals surface area contributed by atoms with Crippen LogP contribution in [0.5, 0.6) is 0 Å². The van der Waals surface area contributed by atoms with E-state index in [1.54, 1.807) is 0 Å². The van der Waals surface area contributed by atoms with E-state index in [0.717, 1.165) is 19.4 Å². The minimum Gasteiger partial charge on any atom is -0.375 e. The molecule has 0 saturated carbocycles. The van der Waals surface area contributed by atoms with E-state index in [-0.39, 0.29) is 0 Å². The number of likely N-dealkylation sites (N-methyl/N-ethyl adjacent to an activating group) is 1. The Morgan fingerprint density at radius 3 is 2.29 bits per heavy atom. The predicted molar refractivity (Wildman–Crippen MR) is 59.3 cm³/mol. The summed E-state index contributed by atoms with van der Waals surface area (Å²) in [5.74, 6) is 0. The van der Waals surface area contributed by atoms with Gasteiger partial charge in [0.1, 0.15) is 0 Å². The summed E-state index contributed by atoms with van der Waals surface area (Å²) in [6, 6.07) is 1.10. The Kier molecular flexibility index (Phi) is 4.35. The van der Waals surface area contributed by atoms with Crippen molar-refractivity contribution >= 4 is 0 Å². The summed E-state index contributed by atoms with van der Waals surface area (Å²) in [6.45, 7) is 7.23. The van der Waals surface area contributed by atoms with Gasteiger partial charge in [0, 0.05) is 18.6 Å².